The predicted molar refractivity (Wildman–Crippen MR) is 158 cm³/mol. The molecule has 3 aromatic rings. The Morgan fingerprint density at radius 2 is 1.85 bits per heavy atom. The predicted octanol–water partition coefficient (Wildman–Crippen LogP) is 5.95. The minimum atomic E-state index is -0.456. The van der Waals surface area contributed by atoms with Gasteiger partial charge in [0.2, 0.25) is 0 Å². The quantitative estimate of drug-likeness (QED) is 0.177. The lowest BCUT2D eigenvalue weighted by Gasteiger charge is -2.17. The zero-order valence-corrected chi connectivity index (χ0v) is 23.3. The van der Waals surface area contributed by atoms with Gasteiger partial charge >= 0.3 is 0 Å². The first-order valence-corrected chi connectivity index (χ1v) is 13.5. The van der Waals surface area contributed by atoms with Gasteiger partial charge in [0, 0.05) is 11.1 Å². The molecule has 0 aromatic heterocycles. The van der Waals surface area contributed by atoms with E-state index in [4.69, 9.17) is 26.4 Å². The Bertz CT molecular complexity index is 1400. The monoisotopic (exact) mass is 560 g/mol. The summed E-state index contributed by atoms with van der Waals surface area (Å²) in [5.41, 5.74) is 5.62. The maximum atomic E-state index is 13.2. The number of nitrogens with zero attached hydrogens (tertiary/aromatic N) is 1. The number of methoxy groups -OCH3 is 1. The molecule has 4 rings (SSSR count). The molecule has 200 valence electrons. The van der Waals surface area contributed by atoms with Gasteiger partial charge in [0.15, 0.2) is 15.8 Å². The first kappa shape index (κ1) is 27.9. The Morgan fingerprint density at radius 3 is 2.51 bits per heavy atom. The molecule has 1 aliphatic heterocycles. The smallest absolute Gasteiger partial charge is 0.285 e. The van der Waals surface area contributed by atoms with E-state index in [1.807, 2.05) is 49.4 Å². The molecule has 0 atom stereocenters. The molecule has 2 amide bonds. The van der Waals surface area contributed by atoms with E-state index in [1.165, 1.54) is 0 Å². The van der Waals surface area contributed by atoms with Crippen molar-refractivity contribution in [2.45, 2.75) is 20.0 Å². The number of rotatable bonds is 11. The summed E-state index contributed by atoms with van der Waals surface area (Å²) < 4.78 is 17.5. The highest BCUT2D eigenvalue weighted by atomic mass is 32.2. The Balaban J connectivity index is 1.57. The number of nitrogens with one attached hydrogen (secondary N) is 1. The van der Waals surface area contributed by atoms with Gasteiger partial charge in [-0.15, -0.1) is 6.58 Å². The summed E-state index contributed by atoms with van der Waals surface area (Å²) in [6, 6.07) is 20.2. The van der Waals surface area contributed by atoms with Crippen LogP contribution in [-0.2, 0) is 17.8 Å². The number of amides is 2. The molecular weight excluding hydrogens is 532 g/mol. The van der Waals surface area contributed by atoms with Crippen LogP contribution in [0.5, 0.6) is 17.2 Å². The van der Waals surface area contributed by atoms with E-state index < -0.39 is 11.8 Å². The zero-order chi connectivity index (χ0) is 27.8. The second-order valence-corrected chi connectivity index (χ2v) is 10.1. The lowest BCUT2D eigenvalue weighted by molar-refractivity contribution is -0.123. The fourth-order valence-electron chi connectivity index (χ4n) is 3.85. The van der Waals surface area contributed by atoms with E-state index in [0.717, 1.165) is 33.5 Å². The molecule has 1 fully saturated rings. The molecule has 0 radical (unpaired) electrons. The number of allylic oxidation sites excluding steroid dienone is 1. The highest BCUT2D eigenvalue weighted by Gasteiger charge is 2.34. The molecule has 3 aromatic carbocycles. The van der Waals surface area contributed by atoms with Crippen LogP contribution in [0.25, 0.3) is 6.08 Å². The van der Waals surface area contributed by atoms with Crippen molar-refractivity contribution < 1.29 is 23.8 Å². The molecule has 1 heterocycles. The van der Waals surface area contributed by atoms with E-state index in [2.05, 4.69) is 12.0 Å². The van der Waals surface area contributed by atoms with Crippen molar-refractivity contribution in [3.05, 3.63) is 107 Å². The Labute approximate surface area is 237 Å². The molecule has 39 heavy (non-hydrogen) atoms. The van der Waals surface area contributed by atoms with Gasteiger partial charge < -0.3 is 14.2 Å². The zero-order valence-electron chi connectivity index (χ0n) is 21.6. The van der Waals surface area contributed by atoms with Crippen LogP contribution in [0.1, 0.15) is 34.0 Å². The van der Waals surface area contributed by atoms with Gasteiger partial charge in [-0.05, 0) is 79.2 Å². The number of thiocarbonyl (C=S) groups is 1. The van der Waals surface area contributed by atoms with Crippen LogP contribution in [0.4, 0.5) is 0 Å². The summed E-state index contributed by atoms with van der Waals surface area (Å²) in [5.74, 6) is 0.958. The SMILES string of the molecule is C=CCc1cc(C=C2SC(=S)N(NC(=O)c3ccc(OC)cc3)C2=O)cc(OCC)c1OCc1ccccc1. The van der Waals surface area contributed by atoms with Gasteiger partial charge in [0.05, 0.1) is 18.6 Å². The Hall–Kier alpha value is -4.08. The van der Waals surface area contributed by atoms with Crippen LogP contribution >= 0.6 is 24.0 Å². The Morgan fingerprint density at radius 1 is 1.10 bits per heavy atom. The second kappa shape index (κ2) is 13.1. The standard InChI is InChI=1S/C30H28N2O5S2/c1-4-9-23-16-21(17-25(36-5-2)27(23)37-19-20-10-7-6-8-11-20)18-26-29(34)32(30(38)39-26)31-28(33)22-12-14-24(35-3)15-13-22/h4,6-8,10-18H,1,5,9,19H2,2-3H3,(H,31,33). The fraction of sp³-hybridized carbons (Fsp3) is 0.167. The van der Waals surface area contributed by atoms with Crippen molar-refractivity contribution in [2.75, 3.05) is 13.7 Å². The summed E-state index contributed by atoms with van der Waals surface area (Å²) in [5, 5.41) is 1.09. The summed E-state index contributed by atoms with van der Waals surface area (Å²) >= 11 is 6.50. The first-order chi connectivity index (χ1) is 18.9. The average molecular weight is 561 g/mol. The molecule has 0 aliphatic carbocycles. The summed E-state index contributed by atoms with van der Waals surface area (Å²) in [4.78, 5) is 26.3. The van der Waals surface area contributed by atoms with Crippen molar-refractivity contribution in [2.24, 2.45) is 0 Å². The number of carbonyl (C=O) groups is 2. The maximum Gasteiger partial charge on any atom is 0.285 e. The topological polar surface area (TPSA) is 77.1 Å². The van der Waals surface area contributed by atoms with Crippen LogP contribution in [0, 0.1) is 0 Å². The number of hydrogen-bond donors (Lipinski definition) is 1. The maximum absolute atomic E-state index is 13.2. The van der Waals surface area contributed by atoms with Crippen molar-refractivity contribution in [3.8, 4) is 17.2 Å². The summed E-state index contributed by atoms with van der Waals surface area (Å²) in [6.07, 6.45) is 4.07. The van der Waals surface area contributed by atoms with Crippen LogP contribution in [-0.4, -0.2) is 34.9 Å². The summed E-state index contributed by atoms with van der Waals surface area (Å²) in [7, 11) is 1.55. The molecule has 0 saturated carbocycles. The molecule has 9 heteroatoms. The van der Waals surface area contributed by atoms with E-state index in [1.54, 1.807) is 43.5 Å². The Kier molecular flexibility index (Phi) is 9.40. The van der Waals surface area contributed by atoms with Crippen molar-refractivity contribution in [1.29, 1.82) is 0 Å². The number of carbonyl (C=O) groups excluding carboxylic acids is 2. The molecular formula is C30H28N2O5S2. The van der Waals surface area contributed by atoms with E-state index >= 15 is 0 Å². The molecule has 1 saturated heterocycles. The number of hydrogen-bond acceptors (Lipinski definition) is 7. The number of ether oxygens (including phenoxy) is 3. The van der Waals surface area contributed by atoms with Gasteiger partial charge in [-0.25, -0.2) is 0 Å². The molecule has 1 aliphatic rings. The van der Waals surface area contributed by atoms with Gasteiger partial charge in [0.25, 0.3) is 11.8 Å². The van der Waals surface area contributed by atoms with Crippen LogP contribution in [0.2, 0.25) is 0 Å². The average Bonchev–Trinajstić information content (AvgIpc) is 3.20. The number of hydrazine groups is 1. The minimum Gasteiger partial charge on any atom is -0.497 e. The van der Waals surface area contributed by atoms with Crippen LogP contribution in [0.3, 0.4) is 0 Å². The van der Waals surface area contributed by atoms with Crippen molar-refractivity contribution in [3.63, 3.8) is 0 Å². The highest BCUT2D eigenvalue weighted by molar-refractivity contribution is 8.26. The number of thioether (sulfide) groups is 1. The molecule has 0 bridgehead atoms. The lowest BCUT2D eigenvalue weighted by atomic mass is 10.0. The first-order valence-electron chi connectivity index (χ1n) is 12.2. The normalized spacial score (nSPS) is 13.9. The number of benzene rings is 3. The van der Waals surface area contributed by atoms with Crippen molar-refractivity contribution in [1.82, 2.24) is 10.4 Å². The third-order valence-corrected chi connectivity index (χ3v) is 7.00. The molecule has 7 nitrogen and oxygen atoms in total. The molecule has 1 N–H and O–H groups in total. The molecule has 0 unspecified atom stereocenters. The van der Waals surface area contributed by atoms with Crippen LogP contribution < -0.4 is 19.6 Å². The largest absolute Gasteiger partial charge is 0.497 e. The highest BCUT2D eigenvalue weighted by Crippen LogP contribution is 2.37. The van der Waals surface area contributed by atoms with Crippen LogP contribution in [0.15, 0.2) is 84.3 Å². The third kappa shape index (κ3) is 6.87. The van der Waals surface area contributed by atoms with Gasteiger partial charge in [-0.1, -0.05) is 48.2 Å². The van der Waals surface area contributed by atoms with Gasteiger partial charge in [0.1, 0.15) is 12.4 Å². The second-order valence-electron chi connectivity index (χ2n) is 8.39. The van der Waals surface area contributed by atoms with Gasteiger partial charge in [-0.3, -0.25) is 15.0 Å². The van der Waals surface area contributed by atoms with E-state index in [9.17, 15) is 9.59 Å². The van der Waals surface area contributed by atoms with E-state index in [-0.39, 0.29) is 4.32 Å². The lowest BCUT2D eigenvalue weighted by Crippen LogP contribution is -2.44. The summed E-state index contributed by atoms with van der Waals surface area (Å²) in [6.45, 7) is 6.61. The molecule has 0 spiro atoms. The van der Waals surface area contributed by atoms with E-state index in [0.29, 0.717) is 47.4 Å². The van der Waals surface area contributed by atoms with Crippen molar-refractivity contribution >= 4 is 46.2 Å². The third-order valence-electron chi connectivity index (χ3n) is 5.70. The minimum absolute atomic E-state index is 0.229. The fourth-order valence-corrected chi connectivity index (χ4v) is 5.03. The van der Waals surface area contributed by atoms with Gasteiger partial charge in [-0.2, -0.15) is 5.01 Å².